The van der Waals surface area contributed by atoms with Gasteiger partial charge in [-0.1, -0.05) is 36.5 Å². The number of aryl methyl sites for hydroxylation is 2. The van der Waals surface area contributed by atoms with Crippen molar-refractivity contribution in [3.05, 3.63) is 21.6 Å². The maximum Gasteiger partial charge on any atom is 0.222 e. The molecule has 0 aromatic carbocycles. The van der Waals surface area contributed by atoms with Crippen LogP contribution in [0.25, 0.3) is 11.4 Å². The van der Waals surface area contributed by atoms with E-state index in [-0.39, 0.29) is 0 Å². The highest BCUT2D eigenvalue weighted by Gasteiger charge is 2.21. The van der Waals surface area contributed by atoms with Crippen LogP contribution < -0.4 is 4.74 Å². The number of rotatable bonds is 4. The van der Waals surface area contributed by atoms with Crippen LogP contribution in [0.4, 0.5) is 0 Å². The minimum Gasteiger partial charge on any atom is -0.481 e. The van der Waals surface area contributed by atoms with Gasteiger partial charge in [-0.05, 0) is 13.3 Å². The average molecular weight is 315 g/mol. The van der Waals surface area contributed by atoms with Gasteiger partial charge in [-0.25, -0.2) is 14.6 Å². The van der Waals surface area contributed by atoms with E-state index in [9.17, 15) is 0 Å². The molecule has 0 bridgehead atoms. The molecule has 0 saturated carbocycles. The molecule has 0 unspecified atom stereocenters. The number of aromatic nitrogens is 4. The molecule has 7 heteroatoms. The molecule has 0 saturated heterocycles. The van der Waals surface area contributed by atoms with Gasteiger partial charge in [-0.3, -0.25) is 0 Å². The number of halogens is 2. The van der Waals surface area contributed by atoms with E-state index in [1.807, 2.05) is 6.92 Å². The summed E-state index contributed by atoms with van der Waals surface area (Å²) in [5.41, 5.74) is 2.25. The molecule has 0 radical (unpaired) electrons. The van der Waals surface area contributed by atoms with Gasteiger partial charge in [-0.2, -0.15) is 5.10 Å². The van der Waals surface area contributed by atoms with Crippen LogP contribution in [0.1, 0.15) is 24.6 Å². The summed E-state index contributed by atoms with van der Waals surface area (Å²) in [6, 6.07) is 0. The summed E-state index contributed by atoms with van der Waals surface area (Å²) >= 11 is 12.4. The maximum absolute atomic E-state index is 6.21. The third-order valence-corrected chi connectivity index (χ3v) is 3.62. The Morgan fingerprint density at radius 1 is 1.20 bits per heavy atom. The molecule has 2 rings (SSSR count). The van der Waals surface area contributed by atoms with E-state index in [4.69, 9.17) is 27.9 Å². The smallest absolute Gasteiger partial charge is 0.222 e. The normalized spacial score (nSPS) is 10.9. The molecule has 0 spiro atoms. The first-order chi connectivity index (χ1) is 9.49. The van der Waals surface area contributed by atoms with Gasteiger partial charge < -0.3 is 4.74 Å². The number of hydrogen-bond donors (Lipinski definition) is 0. The first-order valence-corrected chi connectivity index (χ1v) is 7.05. The largest absolute Gasteiger partial charge is 0.481 e. The van der Waals surface area contributed by atoms with Crippen molar-refractivity contribution in [2.75, 3.05) is 7.11 Å². The highest BCUT2D eigenvalue weighted by molar-refractivity contribution is 6.34. The van der Waals surface area contributed by atoms with Crippen molar-refractivity contribution in [2.45, 2.75) is 26.7 Å². The predicted molar refractivity (Wildman–Crippen MR) is 79.5 cm³/mol. The molecule has 0 aliphatic heterocycles. The molecule has 0 fully saturated rings. The third-order valence-electron chi connectivity index (χ3n) is 2.99. The summed E-state index contributed by atoms with van der Waals surface area (Å²) in [5, 5.41) is 5.07. The molecule has 5 nitrogen and oxygen atoms in total. The van der Waals surface area contributed by atoms with Crippen molar-refractivity contribution >= 4 is 23.2 Å². The van der Waals surface area contributed by atoms with E-state index >= 15 is 0 Å². The van der Waals surface area contributed by atoms with Crippen molar-refractivity contribution in [3.8, 4) is 17.3 Å². The van der Waals surface area contributed by atoms with Crippen molar-refractivity contribution in [1.29, 1.82) is 0 Å². The summed E-state index contributed by atoms with van der Waals surface area (Å²) in [7, 11) is 3.37. The van der Waals surface area contributed by atoms with E-state index < -0.39 is 0 Å². The fourth-order valence-corrected chi connectivity index (χ4v) is 2.70. The van der Waals surface area contributed by atoms with Crippen LogP contribution in [-0.2, 0) is 13.5 Å². The Morgan fingerprint density at radius 3 is 2.30 bits per heavy atom. The van der Waals surface area contributed by atoms with Crippen molar-refractivity contribution in [2.24, 2.45) is 7.05 Å². The molecule has 0 amide bonds. The van der Waals surface area contributed by atoms with Gasteiger partial charge in [-0.15, -0.1) is 0 Å². The minimum absolute atomic E-state index is 0.382. The van der Waals surface area contributed by atoms with Crippen LogP contribution in [0.5, 0.6) is 5.88 Å². The Bertz CT molecular complexity index is 617. The lowest BCUT2D eigenvalue weighted by atomic mass is 10.2. The van der Waals surface area contributed by atoms with Crippen LogP contribution in [0.2, 0.25) is 10.3 Å². The van der Waals surface area contributed by atoms with E-state index in [0.717, 1.165) is 24.1 Å². The summed E-state index contributed by atoms with van der Waals surface area (Å²) in [6.07, 6.45) is 1.68. The van der Waals surface area contributed by atoms with Crippen LogP contribution in [0.15, 0.2) is 0 Å². The Balaban J connectivity index is 2.60. The molecule has 0 N–H and O–H groups in total. The molecular weight excluding hydrogens is 299 g/mol. The van der Waals surface area contributed by atoms with Gasteiger partial charge >= 0.3 is 0 Å². The van der Waals surface area contributed by atoms with Gasteiger partial charge in [0.15, 0.2) is 5.82 Å². The minimum atomic E-state index is 0.382. The molecule has 0 atom stereocenters. The highest BCUT2D eigenvalue weighted by Crippen LogP contribution is 2.33. The first kappa shape index (κ1) is 15.1. The van der Waals surface area contributed by atoms with Crippen LogP contribution >= 0.6 is 23.2 Å². The zero-order valence-electron chi connectivity index (χ0n) is 11.9. The van der Waals surface area contributed by atoms with Crippen LogP contribution in [-0.4, -0.2) is 26.9 Å². The summed E-state index contributed by atoms with van der Waals surface area (Å²) < 4.78 is 6.98. The van der Waals surface area contributed by atoms with Crippen molar-refractivity contribution in [1.82, 2.24) is 19.7 Å². The number of nitrogens with zero attached hydrogens (tertiary/aromatic N) is 4. The summed E-state index contributed by atoms with van der Waals surface area (Å²) in [5.74, 6) is 1.01. The average Bonchev–Trinajstić information content (AvgIpc) is 2.67. The van der Waals surface area contributed by atoms with Gasteiger partial charge in [0.05, 0.1) is 12.8 Å². The summed E-state index contributed by atoms with van der Waals surface area (Å²) in [6.45, 7) is 3.91. The van der Waals surface area contributed by atoms with Crippen LogP contribution in [0, 0.1) is 6.92 Å². The second-order valence-electron chi connectivity index (χ2n) is 4.45. The topological polar surface area (TPSA) is 52.8 Å². The molecular formula is C13H16Cl2N4O. The van der Waals surface area contributed by atoms with Crippen LogP contribution in [0.3, 0.4) is 0 Å². The van der Waals surface area contributed by atoms with Gasteiger partial charge in [0, 0.05) is 12.6 Å². The van der Waals surface area contributed by atoms with Crippen molar-refractivity contribution in [3.63, 3.8) is 0 Å². The molecule has 2 aromatic heterocycles. The third kappa shape index (κ3) is 2.60. The van der Waals surface area contributed by atoms with Crippen molar-refractivity contribution < 1.29 is 4.74 Å². The fourth-order valence-electron chi connectivity index (χ4n) is 2.13. The number of ether oxygens (including phenoxy) is 1. The number of methoxy groups -OCH3 is 1. The fraction of sp³-hybridized carbons (Fsp3) is 0.462. The quantitative estimate of drug-likeness (QED) is 0.811. The molecule has 108 valence electrons. The maximum atomic E-state index is 6.21. The van der Waals surface area contributed by atoms with Gasteiger partial charge in [0.2, 0.25) is 5.88 Å². The molecule has 0 aliphatic carbocycles. The predicted octanol–water partition coefficient (Wildman–Crippen LogP) is 3.45. The second-order valence-corrected chi connectivity index (χ2v) is 5.17. The Kier molecular flexibility index (Phi) is 4.50. The lowest BCUT2D eigenvalue weighted by molar-refractivity contribution is 0.374. The van der Waals surface area contributed by atoms with E-state index in [1.165, 1.54) is 0 Å². The zero-order chi connectivity index (χ0) is 14.9. The Labute approximate surface area is 127 Å². The molecule has 0 aliphatic rings. The van der Waals surface area contributed by atoms with E-state index in [2.05, 4.69) is 22.0 Å². The second kappa shape index (κ2) is 5.97. The number of hydrogen-bond acceptors (Lipinski definition) is 4. The Morgan fingerprint density at radius 2 is 1.80 bits per heavy atom. The van der Waals surface area contributed by atoms with Gasteiger partial charge in [0.1, 0.15) is 15.9 Å². The zero-order valence-corrected chi connectivity index (χ0v) is 13.4. The van der Waals surface area contributed by atoms with E-state index in [0.29, 0.717) is 27.6 Å². The standard InChI is InChI=1S/C13H16Cl2N4O/c1-5-6-8-10(14)16-12(17-11(8)15)9-7(2)18-19(3)13(9)20-4/h5-6H2,1-4H3. The Hall–Kier alpha value is -1.33. The molecule has 20 heavy (non-hydrogen) atoms. The SMILES string of the molecule is CCCc1c(Cl)nc(-c2c(C)nn(C)c2OC)nc1Cl. The first-order valence-electron chi connectivity index (χ1n) is 6.29. The lowest BCUT2D eigenvalue weighted by Gasteiger charge is -2.08. The molecule has 2 aromatic rings. The monoisotopic (exact) mass is 314 g/mol. The lowest BCUT2D eigenvalue weighted by Crippen LogP contribution is -2.00. The summed E-state index contributed by atoms with van der Waals surface area (Å²) in [4.78, 5) is 8.68. The van der Waals surface area contributed by atoms with Gasteiger partial charge in [0.25, 0.3) is 0 Å². The highest BCUT2D eigenvalue weighted by atomic mass is 35.5. The molecule has 2 heterocycles. The van der Waals surface area contributed by atoms with E-state index in [1.54, 1.807) is 18.8 Å².